The number of hydrogen-bond donors (Lipinski definition) is 2. The maximum Gasteiger partial charge on any atom is 0.246 e. The quantitative estimate of drug-likeness (QED) is 0.617. The summed E-state index contributed by atoms with van der Waals surface area (Å²) in [7, 11) is 1.40. The van der Waals surface area contributed by atoms with Crippen LogP contribution < -0.4 is 15.4 Å². The van der Waals surface area contributed by atoms with Crippen molar-refractivity contribution in [2.45, 2.75) is 18.9 Å². The van der Waals surface area contributed by atoms with Gasteiger partial charge >= 0.3 is 0 Å². The van der Waals surface area contributed by atoms with E-state index in [0.29, 0.717) is 18.8 Å². The van der Waals surface area contributed by atoms with E-state index in [1.54, 1.807) is 6.07 Å². The van der Waals surface area contributed by atoms with Crippen LogP contribution in [0, 0.1) is 11.6 Å². The van der Waals surface area contributed by atoms with Gasteiger partial charge in [-0.2, -0.15) is 0 Å². The fraction of sp³-hybridized carbons (Fsp3) is 0.263. The molecule has 5 nitrogen and oxygen atoms in total. The van der Waals surface area contributed by atoms with Gasteiger partial charge in [-0.05, 0) is 42.3 Å². The van der Waals surface area contributed by atoms with Gasteiger partial charge in [0.15, 0.2) is 11.6 Å². The van der Waals surface area contributed by atoms with Crippen LogP contribution in [0.2, 0.25) is 0 Å². The van der Waals surface area contributed by atoms with Crippen LogP contribution in [0.4, 0.5) is 8.78 Å². The Hall–Kier alpha value is -2.48. The van der Waals surface area contributed by atoms with Crippen LogP contribution in [-0.4, -0.2) is 25.5 Å². The monoisotopic (exact) mass is 440 g/mol. The molecule has 0 saturated heterocycles. The summed E-state index contributed by atoms with van der Waals surface area (Å²) in [5, 5.41) is 4.93. The normalized spacial score (nSPS) is 11.6. The first kappa shape index (κ1) is 20.8. The van der Waals surface area contributed by atoms with Crippen molar-refractivity contribution in [1.82, 2.24) is 10.6 Å². The van der Waals surface area contributed by atoms with E-state index in [0.717, 1.165) is 16.6 Å². The molecular formula is C19H19BrF2N2O3. The molecule has 0 fully saturated rings. The van der Waals surface area contributed by atoms with E-state index < -0.39 is 29.5 Å². The molecule has 0 aliphatic rings. The molecule has 1 atom stereocenters. The number of halogens is 3. The van der Waals surface area contributed by atoms with Crippen LogP contribution in [0.3, 0.4) is 0 Å². The number of carbonyl (C=O) groups excluding carboxylic acids is 2. The van der Waals surface area contributed by atoms with Crippen molar-refractivity contribution >= 4 is 27.7 Å². The van der Waals surface area contributed by atoms with Crippen molar-refractivity contribution in [3.05, 3.63) is 64.1 Å². The first-order chi connectivity index (χ1) is 12.9. The Bertz CT molecular complexity index is 817. The number of likely N-dealkylation sites (N-methyl/N-ethyl adjacent to an activating group) is 1. The number of hydrogen-bond acceptors (Lipinski definition) is 3. The Morgan fingerprint density at radius 1 is 1.15 bits per heavy atom. The van der Waals surface area contributed by atoms with E-state index in [9.17, 15) is 18.4 Å². The molecule has 2 aromatic carbocycles. The number of benzene rings is 2. The van der Waals surface area contributed by atoms with Crippen molar-refractivity contribution in [1.29, 1.82) is 0 Å². The molecule has 2 N–H and O–H groups in total. The predicted molar refractivity (Wildman–Crippen MR) is 100 cm³/mol. The smallest absolute Gasteiger partial charge is 0.246 e. The molecule has 0 heterocycles. The van der Waals surface area contributed by atoms with E-state index in [2.05, 4.69) is 26.6 Å². The fourth-order valence-electron chi connectivity index (χ4n) is 2.35. The highest BCUT2D eigenvalue weighted by Crippen LogP contribution is 2.19. The third kappa shape index (κ3) is 6.32. The Morgan fingerprint density at radius 2 is 1.93 bits per heavy atom. The highest BCUT2D eigenvalue weighted by Gasteiger charge is 2.22. The van der Waals surface area contributed by atoms with Crippen LogP contribution in [0.5, 0.6) is 5.75 Å². The zero-order valence-electron chi connectivity index (χ0n) is 14.6. The molecule has 2 aromatic rings. The SMILES string of the molecule is CNC(=O)C(NC(=O)CCCOc1cccc(Br)c1)c1ccc(F)c(F)c1. The van der Waals surface area contributed by atoms with E-state index in [1.807, 2.05) is 18.2 Å². The molecule has 0 aliphatic carbocycles. The Kier molecular flexibility index (Phi) is 7.72. The second kappa shape index (κ2) is 10.0. The minimum absolute atomic E-state index is 0.116. The lowest BCUT2D eigenvalue weighted by Crippen LogP contribution is -2.39. The molecule has 0 aromatic heterocycles. The second-order valence-electron chi connectivity index (χ2n) is 5.70. The molecule has 0 saturated carbocycles. The number of nitrogens with one attached hydrogen (secondary N) is 2. The molecule has 0 bridgehead atoms. The molecule has 144 valence electrons. The van der Waals surface area contributed by atoms with Gasteiger partial charge in [-0.25, -0.2) is 8.78 Å². The highest BCUT2D eigenvalue weighted by atomic mass is 79.9. The van der Waals surface area contributed by atoms with Gasteiger partial charge in [0.25, 0.3) is 0 Å². The van der Waals surface area contributed by atoms with Gasteiger partial charge < -0.3 is 15.4 Å². The molecule has 1 unspecified atom stereocenters. The largest absolute Gasteiger partial charge is 0.494 e. The van der Waals surface area contributed by atoms with Crippen molar-refractivity contribution in [3.8, 4) is 5.75 Å². The van der Waals surface area contributed by atoms with Gasteiger partial charge in [0.05, 0.1) is 6.61 Å². The van der Waals surface area contributed by atoms with Gasteiger partial charge in [-0.3, -0.25) is 9.59 Å². The van der Waals surface area contributed by atoms with E-state index in [-0.39, 0.29) is 12.0 Å². The van der Waals surface area contributed by atoms with E-state index >= 15 is 0 Å². The maximum atomic E-state index is 13.4. The number of rotatable bonds is 8. The van der Waals surface area contributed by atoms with Crippen LogP contribution in [0.15, 0.2) is 46.9 Å². The number of carbonyl (C=O) groups is 2. The predicted octanol–water partition coefficient (Wildman–Crippen LogP) is 3.49. The van der Waals surface area contributed by atoms with Crippen LogP contribution >= 0.6 is 15.9 Å². The maximum absolute atomic E-state index is 13.4. The van der Waals surface area contributed by atoms with Crippen molar-refractivity contribution in [3.63, 3.8) is 0 Å². The minimum Gasteiger partial charge on any atom is -0.494 e. The van der Waals surface area contributed by atoms with E-state index in [4.69, 9.17) is 4.74 Å². The van der Waals surface area contributed by atoms with Gasteiger partial charge in [-0.15, -0.1) is 0 Å². The molecule has 0 spiro atoms. The lowest BCUT2D eigenvalue weighted by Gasteiger charge is -2.18. The first-order valence-electron chi connectivity index (χ1n) is 8.25. The van der Waals surface area contributed by atoms with Crippen molar-refractivity contribution < 1.29 is 23.1 Å². The standard InChI is InChI=1S/C19H19BrF2N2O3/c1-23-19(26)18(12-7-8-15(21)16(22)10-12)24-17(25)6-3-9-27-14-5-2-4-13(20)11-14/h2,4-5,7-8,10-11,18H,3,6,9H2,1H3,(H,23,26)(H,24,25). The summed E-state index contributed by atoms with van der Waals surface area (Å²) >= 11 is 3.34. The molecule has 8 heteroatoms. The summed E-state index contributed by atoms with van der Waals surface area (Å²) in [6.45, 7) is 0.319. The zero-order valence-corrected chi connectivity index (χ0v) is 16.2. The van der Waals surface area contributed by atoms with Gasteiger partial charge in [-0.1, -0.05) is 28.1 Å². The second-order valence-corrected chi connectivity index (χ2v) is 6.61. The highest BCUT2D eigenvalue weighted by molar-refractivity contribution is 9.10. The summed E-state index contributed by atoms with van der Waals surface area (Å²) < 4.78 is 33.0. The van der Waals surface area contributed by atoms with Crippen LogP contribution in [0.25, 0.3) is 0 Å². The third-order valence-corrected chi connectivity index (χ3v) is 4.20. The molecule has 0 radical (unpaired) electrons. The average Bonchev–Trinajstić information content (AvgIpc) is 2.65. The first-order valence-corrected chi connectivity index (χ1v) is 9.04. The van der Waals surface area contributed by atoms with Gasteiger partial charge in [0.1, 0.15) is 11.8 Å². The lowest BCUT2D eigenvalue weighted by atomic mass is 10.1. The van der Waals surface area contributed by atoms with Gasteiger partial charge in [0, 0.05) is 17.9 Å². The van der Waals surface area contributed by atoms with Gasteiger partial charge in [0.2, 0.25) is 11.8 Å². The molecular weight excluding hydrogens is 422 g/mol. The summed E-state index contributed by atoms with van der Waals surface area (Å²) in [6.07, 6.45) is 0.543. The topological polar surface area (TPSA) is 67.4 Å². The summed E-state index contributed by atoms with van der Waals surface area (Å²) in [5.74, 6) is -2.36. The number of ether oxygens (including phenoxy) is 1. The van der Waals surface area contributed by atoms with Crippen LogP contribution in [0.1, 0.15) is 24.4 Å². The van der Waals surface area contributed by atoms with E-state index in [1.165, 1.54) is 13.1 Å². The molecule has 2 rings (SSSR count). The third-order valence-electron chi connectivity index (χ3n) is 3.70. The molecule has 2 amide bonds. The molecule has 27 heavy (non-hydrogen) atoms. The van der Waals surface area contributed by atoms with Crippen molar-refractivity contribution in [2.75, 3.05) is 13.7 Å². The summed E-state index contributed by atoms with van der Waals surface area (Å²) in [5.41, 5.74) is 0.159. The zero-order chi connectivity index (χ0) is 19.8. The minimum atomic E-state index is -1.11. The summed E-state index contributed by atoms with van der Waals surface area (Å²) in [6, 6.07) is 9.28. The Morgan fingerprint density at radius 3 is 2.59 bits per heavy atom. The molecule has 0 aliphatic heterocycles. The Balaban J connectivity index is 1.89. The fourth-order valence-corrected chi connectivity index (χ4v) is 2.73. The van der Waals surface area contributed by atoms with Crippen molar-refractivity contribution in [2.24, 2.45) is 0 Å². The summed E-state index contributed by atoms with van der Waals surface area (Å²) in [4.78, 5) is 24.2. The number of amides is 2. The van der Waals surface area contributed by atoms with Crippen LogP contribution in [-0.2, 0) is 9.59 Å². The lowest BCUT2D eigenvalue weighted by molar-refractivity contribution is -0.129. The Labute approximate surface area is 164 Å². The average molecular weight is 441 g/mol.